The van der Waals surface area contributed by atoms with E-state index in [9.17, 15) is 0 Å². The van der Waals surface area contributed by atoms with Gasteiger partial charge in [0.25, 0.3) is 0 Å². The lowest BCUT2D eigenvalue weighted by atomic mass is 10.3. The third-order valence-electron chi connectivity index (χ3n) is 1.28. The SMILES string of the molecule is COc1ccc(N=NC#N)cc1. The van der Waals surface area contributed by atoms with E-state index in [2.05, 4.69) is 10.2 Å². The molecule has 1 rings (SSSR count). The van der Waals surface area contributed by atoms with E-state index in [1.54, 1.807) is 37.6 Å². The van der Waals surface area contributed by atoms with Crippen molar-refractivity contribution in [1.29, 1.82) is 5.26 Å². The second kappa shape index (κ2) is 4.09. The Bertz CT molecular complexity index is 310. The first-order valence-electron chi connectivity index (χ1n) is 3.30. The van der Waals surface area contributed by atoms with Crippen molar-refractivity contribution in [3.8, 4) is 11.9 Å². The molecule has 12 heavy (non-hydrogen) atoms. The van der Waals surface area contributed by atoms with Crippen LogP contribution in [0.2, 0.25) is 0 Å². The Morgan fingerprint density at radius 3 is 2.50 bits per heavy atom. The number of ether oxygens (including phenoxy) is 1. The third-order valence-corrected chi connectivity index (χ3v) is 1.28. The summed E-state index contributed by atoms with van der Waals surface area (Å²) in [6.45, 7) is 0. The molecule has 0 bridgehead atoms. The Morgan fingerprint density at radius 2 is 2.00 bits per heavy atom. The fraction of sp³-hybridized carbons (Fsp3) is 0.125. The first-order chi connectivity index (χ1) is 5.86. The smallest absolute Gasteiger partial charge is 0.226 e. The van der Waals surface area contributed by atoms with Crippen molar-refractivity contribution >= 4 is 5.69 Å². The summed E-state index contributed by atoms with van der Waals surface area (Å²) in [5.41, 5.74) is 0.636. The molecule has 60 valence electrons. The highest BCUT2D eigenvalue weighted by atomic mass is 16.5. The van der Waals surface area contributed by atoms with Gasteiger partial charge in [0.05, 0.1) is 12.8 Å². The summed E-state index contributed by atoms with van der Waals surface area (Å²) >= 11 is 0. The predicted molar refractivity (Wildman–Crippen MR) is 43.1 cm³/mol. The summed E-state index contributed by atoms with van der Waals surface area (Å²) < 4.78 is 4.94. The molecule has 0 aliphatic heterocycles. The topological polar surface area (TPSA) is 57.7 Å². The van der Waals surface area contributed by atoms with Crippen LogP contribution < -0.4 is 4.74 Å². The van der Waals surface area contributed by atoms with Crippen molar-refractivity contribution in [2.24, 2.45) is 10.2 Å². The molecule has 0 aromatic heterocycles. The molecule has 4 nitrogen and oxygen atoms in total. The number of nitriles is 1. The van der Waals surface area contributed by atoms with E-state index < -0.39 is 0 Å². The molecular weight excluding hydrogens is 154 g/mol. The number of benzene rings is 1. The van der Waals surface area contributed by atoms with E-state index in [0.717, 1.165) is 5.75 Å². The van der Waals surface area contributed by atoms with Crippen LogP contribution in [-0.2, 0) is 0 Å². The van der Waals surface area contributed by atoms with Crippen LogP contribution in [0.25, 0.3) is 0 Å². The summed E-state index contributed by atoms with van der Waals surface area (Å²) in [5, 5.41) is 14.9. The average Bonchev–Trinajstić information content (AvgIpc) is 2.15. The minimum Gasteiger partial charge on any atom is -0.497 e. The van der Waals surface area contributed by atoms with Crippen LogP contribution in [0.5, 0.6) is 5.75 Å². The van der Waals surface area contributed by atoms with Crippen molar-refractivity contribution in [2.75, 3.05) is 7.11 Å². The van der Waals surface area contributed by atoms with Crippen LogP contribution in [0.15, 0.2) is 34.5 Å². The lowest BCUT2D eigenvalue weighted by molar-refractivity contribution is 0.415. The Kier molecular flexibility index (Phi) is 2.79. The molecular formula is C8H7N3O. The molecule has 0 N–H and O–H groups in total. The molecule has 1 aromatic rings. The Balaban J connectivity index is 2.79. The molecule has 0 saturated carbocycles. The Hall–Kier alpha value is -1.89. The number of nitrogens with zero attached hydrogens (tertiary/aromatic N) is 3. The molecule has 0 aliphatic rings. The van der Waals surface area contributed by atoms with Crippen molar-refractivity contribution in [1.82, 2.24) is 0 Å². The van der Waals surface area contributed by atoms with Gasteiger partial charge < -0.3 is 4.74 Å². The van der Waals surface area contributed by atoms with Gasteiger partial charge >= 0.3 is 0 Å². The molecule has 0 unspecified atom stereocenters. The highest BCUT2D eigenvalue weighted by Crippen LogP contribution is 2.17. The van der Waals surface area contributed by atoms with Crippen LogP contribution in [0.3, 0.4) is 0 Å². The normalized spacial score (nSPS) is 9.67. The standard InChI is InChI=1S/C8H7N3O/c1-12-8-4-2-7(3-5-8)11-10-6-9/h2-5H,1H3. The molecule has 0 heterocycles. The average molecular weight is 161 g/mol. The Labute approximate surface area is 70.1 Å². The van der Waals surface area contributed by atoms with E-state index in [-0.39, 0.29) is 0 Å². The van der Waals surface area contributed by atoms with Crippen molar-refractivity contribution in [3.63, 3.8) is 0 Å². The van der Waals surface area contributed by atoms with Gasteiger partial charge in [-0.05, 0) is 24.3 Å². The maximum absolute atomic E-state index is 8.09. The highest BCUT2D eigenvalue weighted by Gasteiger charge is 1.90. The Morgan fingerprint density at radius 1 is 1.33 bits per heavy atom. The second-order valence-corrected chi connectivity index (χ2v) is 2.00. The third kappa shape index (κ3) is 2.06. The molecule has 4 heteroatoms. The minimum absolute atomic E-state index is 0.636. The van der Waals surface area contributed by atoms with Crippen LogP contribution in [0.4, 0.5) is 5.69 Å². The van der Waals surface area contributed by atoms with E-state index >= 15 is 0 Å². The summed E-state index contributed by atoms with van der Waals surface area (Å²) in [5.74, 6) is 0.755. The van der Waals surface area contributed by atoms with Crippen LogP contribution in [0.1, 0.15) is 0 Å². The van der Waals surface area contributed by atoms with Gasteiger partial charge in [-0.25, -0.2) is 0 Å². The minimum atomic E-state index is 0.636. The summed E-state index contributed by atoms with van der Waals surface area (Å²) in [7, 11) is 1.59. The zero-order chi connectivity index (χ0) is 8.81. The van der Waals surface area contributed by atoms with Gasteiger partial charge in [-0.3, -0.25) is 0 Å². The lowest BCUT2D eigenvalue weighted by Crippen LogP contribution is -1.79. The fourth-order valence-electron chi connectivity index (χ4n) is 0.729. The first-order valence-corrected chi connectivity index (χ1v) is 3.30. The molecule has 0 fully saturated rings. The van der Waals surface area contributed by atoms with Gasteiger partial charge in [-0.1, -0.05) is 5.11 Å². The van der Waals surface area contributed by atoms with Crippen LogP contribution in [0, 0.1) is 11.5 Å². The van der Waals surface area contributed by atoms with E-state index in [0.29, 0.717) is 5.69 Å². The van der Waals surface area contributed by atoms with Gasteiger partial charge in [-0.15, -0.1) is 5.11 Å². The van der Waals surface area contributed by atoms with Crippen LogP contribution >= 0.6 is 0 Å². The number of hydrogen-bond acceptors (Lipinski definition) is 4. The van der Waals surface area contributed by atoms with Gasteiger partial charge in [-0.2, -0.15) is 5.26 Å². The number of rotatable bonds is 2. The highest BCUT2D eigenvalue weighted by molar-refractivity contribution is 5.40. The summed E-state index contributed by atoms with van der Waals surface area (Å²) in [4.78, 5) is 0. The lowest BCUT2D eigenvalue weighted by Gasteiger charge is -1.96. The zero-order valence-corrected chi connectivity index (χ0v) is 6.56. The first kappa shape index (κ1) is 8.21. The maximum Gasteiger partial charge on any atom is 0.226 e. The van der Waals surface area contributed by atoms with Crippen molar-refractivity contribution < 1.29 is 4.74 Å². The maximum atomic E-state index is 8.09. The summed E-state index contributed by atoms with van der Waals surface area (Å²) in [6, 6.07) is 6.96. The van der Waals surface area contributed by atoms with Crippen molar-refractivity contribution in [2.45, 2.75) is 0 Å². The molecule has 0 atom stereocenters. The largest absolute Gasteiger partial charge is 0.497 e. The van der Waals surface area contributed by atoms with Gasteiger partial charge in [0.2, 0.25) is 6.19 Å². The molecule has 0 radical (unpaired) electrons. The number of hydrogen-bond donors (Lipinski definition) is 0. The van der Waals surface area contributed by atoms with E-state index in [4.69, 9.17) is 10.00 Å². The molecule has 0 amide bonds. The predicted octanol–water partition coefficient (Wildman–Crippen LogP) is 2.26. The van der Waals surface area contributed by atoms with Gasteiger partial charge in [0.15, 0.2) is 0 Å². The molecule has 0 aliphatic carbocycles. The van der Waals surface area contributed by atoms with Gasteiger partial charge in [0.1, 0.15) is 5.75 Å². The van der Waals surface area contributed by atoms with Crippen molar-refractivity contribution in [3.05, 3.63) is 24.3 Å². The molecule has 0 saturated heterocycles. The summed E-state index contributed by atoms with van der Waals surface area (Å²) in [6.07, 6.45) is 1.57. The van der Waals surface area contributed by atoms with E-state index in [1.807, 2.05) is 0 Å². The monoisotopic (exact) mass is 161 g/mol. The quantitative estimate of drug-likeness (QED) is 0.493. The fourth-order valence-corrected chi connectivity index (χ4v) is 0.729. The van der Waals surface area contributed by atoms with Crippen LogP contribution in [-0.4, -0.2) is 7.11 Å². The second-order valence-electron chi connectivity index (χ2n) is 2.00. The number of azo groups is 1. The number of methoxy groups -OCH3 is 1. The molecule has 0 spiro atoms. The zero-order valence-electron chi connectivity index (χ0n) is 6.56. The van der Waals surface area contributed by atoms with Gasteiger partial charge in [0, 0.05) is 0 Å². The van der Waals surface area contributed by atoms with E-state index in [1.165, 1.54) is 0 Å². The molecule has 1 aromatic carbocycles.